The van der Waals surface area contributed by atoms with E-state index in [0.29, 0.717) is 36.8 Å². The van der Waals surface area contributed by atoms with Crippen LogP contribution in [-0.4, -0.2) is 41.3 Å². The highest BCUT2D eigenvalue weighted by Crippen LogP contribution is 2.68. The van der Waals surface area contributed by atoms with Crippen LogP contribution in [0.5, 0.6) is 0 Å². The summed E-state index contributed by atoms with van der Waals surface area (Å²) in [7, 11) is 0. The van der Waals surface area contributed by atoms with Gasteiger partial charge in [0.25, 0.3) is 0 Å². The highest BCUT2D eigenvalue weighted by Gasteiger charge is 2.65. The number of nitrogens with zero attached hydrogens (tertiary/aromatic N) is 1. The van der Waals surface area contributed by atoms with Gasteiger partial charge in [0.2, 0.25) is 0 Å². The Labute approximate surface area is 182 Å². The van der Waals surface area contributed by atoms with Crippen molar-refractivity contribution in [3.8, 4) is 0 Å². The summed E-state index contributed by atoms with van der Waals surface area (Å²) < 4.78 is 0. The molecule has 0 radical (unpaired) electrons. The van der Waals surface area contributed by atoms with E-state index in [1.165, 1.54) is 12.8 Å². The predicted octanol–water partition coefficient (Wildman–Crippen LogP) is 4.03. The van der Waals surface area contributed by atoms with E-state index in [9.17, 15) is 10.2 Å². The van der Waals surface area contributed by atoms with Crippen LogP contribution in [-0.2, 0) is 4.84 Å². The zero-order valence-corrected chi connectivity index (χ0v) is 19.1. The molecule has 4 aliphatic carbocycles. The number of oxime groups is 1. The van der Waals surface area contributed by atoms with Gasteiger partial charge in [0.15, 0.2) is 0 Å². The van der Waals surface area contributed by atoms with Gasteiger partial charge in [0, 0.05) is 6.54 Å². The summed E-state index contributed by atoms with van der Waals surface area (Å²) in [6, 6.07) is 0. The molecule has 0 saturated heterocycles. The number of aliphatic hydroxyl groups excluding tert-OH is 1. The highest BCUT2D eigenvalue weighted by molar-refractivity contribution is 5.77. The van der Waals surface area contributed by atoms with E-state index in [2.05, 4.69) is 32.0 Å². The van der Waals surface area contributed by atoms with E-state index in [-0.39, 0.29) is 16.9 Å². The Hall–Kier alpha value is -0.910. The molecule has 0 amide bonds. The maximum Gasteiger partial charge on any atom is 0.129 e. The van der Waals surface area contributed by atoms with E-state index in [0.717, 1.165) is 50.5 Å². The fourth-order valence-corrected chi connectivity index (χ4v) is 8.18. The second-order valence-corrected chi connectivity index (χ2v) is 11.2. The van der Waals surface area contributed by atoms with E-state index < -0.39 is 5.60 Å². The number of nitrogens with two attached hydrogens (primary N) is 1. The number of hydrogen-bond donors (Lipinski definition) is 3. The molecule has 0 aromatic rings. The third kappa shape index (κ3) is 3.45. The predicted molar refractivity (Wildman–Crippen MR) is 120 cm³/mol. The molecule has 5 heteroatoms. The summed E-state index contributed by atoms with van der Waals surface area (Å²) >= 11 is 0. The van der Waals surface area contributed by atoms with Crippen molar-refractivity contribution in [2.75, 3.05) is 13.2 Å². The van der Waals surface area contributed by atoms with E-state index in [1.54, 1.807) is 6.21 Å². The van der Waals surface area contributed by atoms with Gasteiger partial charge in [-0.3, -0.25) is 0 Å². The first-order valence-corrected chi connectivity index (χ1v) is 12.2. The standard InChI is InChI=1S/C25H42N2O3/c1-17(16-27-30-12-11-26)13-19-15-20(28)14-18-5-6-22-21(24(18,19)3)7-10-23(2)8-4-9-25(22,23)29/h13,16,18-22,28-29H,4-12,14-15,26H2,1-3H3/b17-13+,27-16+/t18-,19?,20+,21+,22-,23+,24-,25+/m1/s1. The number of fused-ring (bicyclic) bond motifs is 5. The van der Waals surface area contributed by atoms with Gasteiger partial charge in [-0.05, 0) is 105 Å². The van der Waals surface area contributed by atoms with Gasteiger partial charge < -0.3 is 20.8 Å². The third-order valence-corrected chi connectivity index (χ3v) is 9.83. The Morgan fingerprint density at radius 3 is 2.70 bits per heavy atom. The van der Waals surface area contributed by atoms with Gasteiger partial charge in [-0.1, -0.05) is 25.1 Å². The molecule has 4 N–H and O–H groups in total. The van der Waals surface area contributed by atoms with Crippen LogP contribution in [0, 0.1) is 34.5 Å². The lowest BCUT2D eigenvalue weighted by Crippen LogP contribution is -2.62. The summed E-state index contributed by atoms with van der Waals surface area (Å²) in [6.07, 6.45) is 13.5. The third-order valence-electron chi connectivity index (χ3n) is 9.83. The maximum absolute atomic E-state index is 11.9. The zero-order valence-electron chi connectivity index (χ0n) is 19.1. The average molecular weight is 419 g/mol. The molecule has 30 heavy (non-hydrogen) atoms. The minimum Gasteiger partial charge on any atom is -0.394 e. The molecule has 0 aromatic heterocycles. The number of aliphatic hydroxyl groups is 2. The molecule has 170 valence electrons. The van der Waals surface area contributed by atoms with Crippen molar-refractivity contribution in [2.45, 2.75) is 90.3 Å². The minimum atomic E-state index is -0.499. The van der Waals surface area contributed by atoms with Gasteiger partial charge in [0.1, 0.15) is 6.61 Å². The van der Waals surface area contributed by atoms with Crippen LogP contribution in [0.3, 0.4) is 0 Å². The second kappa shape index (κ2) is 8.22. The first-order valence-electron chi connectivity index (χ1n) is 12.2. The molecule has 0 bridgehead atoms. The molecular formula is C25H42N2O3. The summed E-state index contributed by atoms with van der Waals surface area (Å²) in [5.74, 6) is 1.75. The molecule has 0 spiro atoms. The van der Waals surface area contributed by atoms with Crippen LogP contribution in [0.4, 0.5) is 0 Å². The number of allylic oxidation sites excluding steroid dienone is 2. The van der Waals surface area contributed by atoms with Gasteiger partial charge in [-0.25, -0.2) is 0 Å². The lowest BCUT2D eigenvalue weighted by Gasteiger charge is -2.64. The van der Waals surface area contributed by atoms with Crippen LogP contribution in [0.2, 0.25) is 0 Å². The topological polar surface area (TPSA) is 88.1 Å². The molecule has 4 rings (SSSR count). The van der Waals surface area contributed by atoms with Crippen molar-refractivity contribution >= 4 is 6.21 Å². The first kappa shape index (κ1) is 22.3. The Balaban J connectivity index is 1.63. The fourth-order valence-electron chi connectivity index (χ4n) is 8.18. The summed E-state index contributed by atoms with van der Waals surface area (Å²) in [5, 5.41) is 26.7. The van der Waals surface area contributed by atoms with E-state index in [4.69, 9.17) is 10.6 Å². The Bertz CT molecular complexity index is 694. The van der Waals surface area contributed by atoms with Crippen molar-refractivity contribution in [1.82, 2.24) is 0 Å². The van der Waals surface area contributed by atoms with Crippen molar-refractivity contribution in [1.29, 1.82) is 0 Å². The fraction of sp³-hybridized carbons (Fsp3) is 0.880. The maximum atomic E-state index is 11.9. The highest BCUT2D eigenvalue weighted by atomic mass is 16.6. The van der Waals surface area contributed by atoms with E-state index in [1.807, 2.05) is 0 Å². The summed E-state index contributed by atoms with van der Waals surface area (Å²) in [6.45, 7) is 7.76. The first-order chi connectivity index (χ1) is 14.2. The normalized spacial score (nSPS) is 48.9. The largest absolute Gasteiger partial charge is 0.394 e. The molecule has 8 atom stereocenters. The number of rotatable bonds is 5. The molecule has 0 heterocycles. The van der Waals surface area contributed by atoms with Crippen LogP contribution in [0.1, 0.15) is 78.6 Å². The van der Waals surface area contributed by atoms with Crippen molar-refractivity contribution in [3.05, 3.63) is 11.6 Å². The van der Waals surface area contributed by atoms with E-state index >= 15 is 0 Å². The molecular weight excluding hydrogens is 376 g/mol. The monoisotopic (exact) mass is 418 g/mol. The van der Waals surface area contributed by atoms with Crippen molar-refractivity contribution < 1.29 is 15.1 Å². The van der Waals surface area contributed by atoms with Crippen molar-refractivity contribution in [2.24, 2.45) is 45.4 Å². The lowest BCUT2D eigenvalue weighted by molar-refractivity contribution is -0.211. The van der Waals surface area contributed by atoms with Gasteiger partial charge in [-0.2, -0.15) is 0 Å². The SMILES string of the molecule is CC(/C=N/OCCN)=C\C1C[C@@H](O)C[C@H]2CC[C@@H]3[C@H](CC[C@]4(C)CCC[C@]34O)[C@@]12C. The Morgan fingerprint density at radius 1 is 1.13 bits per heavy atom. The van der Waals surface area contributed by atoms with Gasteiger partial charge in [-0.15, -0.1) is 0 Å². The molecule has 1 unspecified atom stereocenters. The molecule has 0 aliphatic heterocycles. The smallest absolute Gasteiger partial charge is 0.129 e. The Morgan fingerprint density at radius 2 is 1.93 bits per heavy atom. The summed E-state index contributed by atoms with van der Waals surface area (Å²) in [5.41, 5.74) is 6.25. The molecule has 4 fully saturated rings. The second-order valence-electron chi connectivity index (χ2n) is 11.2. The quantitative estimate of drug-likeness (QED) is 0.357. The van der Waals surface area contributed by atoms with Gasteiger partial charge in [0.05, 0.1) is 17.9 Å². The Kier molecular flexibility index (Phi) is 6.10. The molecule has 5 nitrogen and oxygen atoms in total. The van der Waals surface area contributed by atoms with Crippen molar-refractivity contribution in [3.63, 3.8) is 0 Å². The molecule has 0 aromatic carbocycles. The van der Waals surface area contributed by atoms with Crippen LogP contribution in [0.15, 0.2) is 16.8 Å². The molecule has 4 aliphatic rings. The molecule has 4 saturated carbocycles. The van der Waals surface area contributed by atoms with Crippen LogP contribution >= 0.6 is 0 Å². The zero-order chi connectivity index (χ0) is 21.6. The lowest BCUT2D eigenvalue weighted by atomic mass is 9.41. The average Bonchev–Trinajstić information content (AvgIpc) is 3.01. The summed E-state index contributed by atoms with van der Waals surface area (Å²) in [4.78, 5) is 5.17. The van der Waals surface area contributed by atoms with Gasteiger partial charge >= 0.3 is 0 Å². The van der Waals surface area contributed by atoms with Crippen LogP contribution < -0.4 is 5.73 Å². The minimum absolute atomic E-state index is 0.0970. The number of hydrogen-bond acceptors (Lipinski definition) is 5. The van der Waals surface area contributed by atoms with Crippen LogP contribution in [0.25, 0.3) is 0 Å².